The molecule has 0 radical (unpaired) electrons. The van der Waals surface area contributed by atoms with Crippen LogP contribution < -0.4 is 14.8 Å². The van der Waals surface area contributed by atoms with Gasteiger partial charge in [-0.25, -0.2) is 8.42 Å². The summed E-state index contributed by atoms with van der Waals surface area (Å²) in [6.45, 7) is 2.25. The number of nitrogens with one attached hydrogen (secondary N) is 2. The average Bonchev–Trinajstić information content (AvgIpc) is 2.56. The van der Waals surface area contributed by atoms with Crippen LogP contribution in [0.4, 0.5) is 5.69 Å². The second kappa shape index (κ2) is 7.15. The Bertz CT molecular complexity index is 786. The molecule has 0 fully saturated rings. The SMILES string of the molecule is CCOc1ccccc1NS(=O)(=O)c1ccc(C(=O)NC)cc1. The van der Waals surface area contributed by atoms with E-state index in [4.69, 9.17) is 4.74 Å². The number of carbonyl (C=O) groups excluding carboxylic acids is 1. The Morgan fingerprint density at radius 3 is 2.35 bits per heavy atom. The Balaban J connectivity index is 2.27. The summed E-state index contributed by atoms with van der Waals surface area (Å²) >= 11 is 0. The fourth-order valence-electron chi connectivity index (χ4n) is 1.97. The van der Waals surface area contributed by atoms with Gasteiger partial charge in [0.05, 0.1) is 17.2 Å². The summed E-state index contributed by atoms with van der Waals surface area (Å²) in [6.07, 6.45) is 0. The molecule has 0 spiro atoms. The van der Waals surface area contributed by atoms with E-state index in [2.05, 4.69) is 10.0 Å². The molecule has 0 aromatic heterocycles. The quantitative estimate of drug-likeness (QED) is 0.848. The van der Waals surface area contributed by atoms with Crippen molar-refractivity contribution in [3.8, 4) is 5.75 Å². The van der Waals surface area contributed by atoms with Crippen molar-refractivity contribution in [3.05, 3.63) is 54.1 Å². The van der Waals surface area contributed by atoms with Crippen LogP contribution in [0.2, 0.25) is 0 Å². The van der Waals surface area contributed by atoms with Crippen molar-refractivity contribution in [1.82, 2.24) is 5.32 Å². The lowest BCUT2D eigenvalue weighted by Gasteiger charge is -2.12. The molecule has 6 nitrogen and oxygen atoms in total. The highest BCUT2D eigenvalue weighted by Gasteiger charge is 2.17. The second-order valence-electron chi connectivity index (χ2n) is 4.64. The minimum absolute atomic E-state index is 0.0662. The van der Waals surface area contributed by atoms with Crippen LogP contribution >= 0.6 is 0 Å². The van der Waals surface area contributed by atoms with Crippen LogP contribution in [0.25, 0.3) is 0 Å². The summed E-state index contributed by atoms with van der Waals surface area (Å²) in [5.74, 6) is 0.184. The summed E-state index contributed by atoms with van der Waals surface area (Å²) in [5.41, 5.74) is 0.755. The molecule has 0 atom stereocenters. The van der Waals surface area contributed by atoms with Gasteiger partial charge in [0.1, 0.15) is 5.75 Å². The Hall–Kier alpha value is -2.54. The first-order valence-corrected chi connectivity index (χ1v) is 8.53. The zero-order valence-corrected chi connectivity index (χ0v) is 13.7. The van der Waals surface area contributed by atoms with Crippen molar-refractivity contribution >= 4 is 21.6 Å². The van der Waals surface area contributed by atoms with Crippen LogP contribution in [0.5, 0.6) is 5.75 Å². The standard InChI is InChI=1S/C16H18N2O4S/c1-3-22-15-7-5-4-6-14(15)18-23(20,21)13-10-8-12(9-11-13)16(19)17-2/h4-11,18H,3H2,1-2H3,(H,17,19). The highest BCUT2D eigenvalue weighted by Crippen LogP contribution is 2.26. The Morgan fingerprint density at radius 2 is 1.74 bits per heavy atom. The molecule has 2 N–H and O–H groups in total. The third-order valence-electron chi connectivity index (χ3n) is 3.09. The van der Waals surface area contributed by atoms with Gasteiger partial charge in [0.15, 0.2) is 0 Å². The molecule has 23 heavy (non-hydrogen) atoms. The molecule has 2 rings (SSSR count). The van der Waals surface area contributed by atoms with Crippen LogP contribution in [0.15, 0.2) is 53.4 Å². The number of hydrogen-bond acceptors (Lipinski definition) is 4. The van der Waals surface area contributed by atoms with E-state index in [1.54, 1.807) is 24.3 Å². The lowest BCUT2D eigenvalue weighted by molar-refractivity contribution is 0.0963. The minimum Gasteiger partial charge on any atom is -0.492 e. The van der Waals surface area contributed by atoms with Crippen molar-refractivity contribution in [1.29, 1.82) is 0 Å². The zero-order valence-electron chi connectivity index (χ0n) is 12.9. The predicted molar refractivity (Wildman–Crippen MR) is 88.3 cm³/mol. The lowest BCUT2D eigenvalue weighted by Crippen LogP contribution is -2.18. The highest BCUT2D eigenvalue weighted by molar-refractivity contribution is 7.92. The third kappa shape index (κ3) is 4.01. The van der Waals surface area contributed by atoms with Gasteiger partial charge in [0.2, 0.25) is 0 Å². The minimum atomic E-state index is -3.77. The van der Waals surface area contributed by atoms with Crippen molar-refractivity contribution in [2.75, 3.05) is 18.4 Å². The van der Waals surface area contributed by atoms with E-state index >= 15 is 0 Å². The van der Waals surface area contributed by atoms with E-state index in [0.717, 1.165) is 0 Å². The Labute approximate surface area is 135 Å². The summed E-state index contributed by atoms with van der Waals surface area (Å²) < 4.78 is 32.8. The maximum Gasteiger partial charge on any atom is 0.262 e. The van der Waals surface area contributed by atoms with Crippen LogP contribution in [0.1, 0.15) is 17.3 Å². The molecule has 2 aromatic carbocycles. The molecule has 0 unspecified atom stereocenters. The fraction of sp³-hybridized carbons (Fsp3) is 0.188. The fourth-order valence-corrected chi connectivity index (χ4v) is 3.04. The van der Waals surface area contributed by atoms with Gasteiger partial charge in [-0.1, -0.05) is 12.1 Å². The zero-order chi connectivity index (χ0) is 16.9. The summed E-state index contributed by atoms with van der Waals surface area (Å²) in [6, 6.07) is 12.5. The average molecular weight is 334 g/mol. The lowest BCUT2D eigenvalue weighted by atomic mass is 10.2. The topological polar surface area (TPSA) is 84.5 Å². The second-order valence-corrected chi connectivity index (χ2v) is 6.32. The van der Waals surface area contributed by atoms with Crippen LogP contribution in [-0.4, -0.2) is 28.0 Å². The van der Waals surface area contributed by atoms with Gasteiger partial charge in [-0.15, -0.1) is 0 Å². The Morgan fingerprint density at radius 1 is 1.09 bits per heavy atom. The molecular formula is C16H18N2O4S. The number of carbonyl (C=O) groups is 1. The molecule has 1 amide bonds. The number of anilines is 1. The predicted octanol–water partition coefficient (Wildman–Crippen LogP) is 2.25. The molecular weight excluding hydrogens is 316 g/mol. The molecule has 0 aliphatic rings. The first kappa shape index (κ1) is 16.8. The maximum atomic E-state index is 12.4. The van der Waals surface area contributed by atoms with E-state index in [1.165, 1.54) is 31.3 Å². The molecule has 7 heteroatoms. The van der Waals surface area contributed by atoms with E-state index in [0.29, 0.717) is 23.6 Å². The molecule has 0 saturated heterocycles. The van der Waals surface area contributed by atoms with Crippen LogP contribution in [-0.2, 0) is 10.0 Å². The van der Waals surface area contributed by atoms with Gasteiger partial charge in [0.25, 0.3) is 15.9 Å². The monoisotopic (exact) mass is 334 g/mol. The van der Waals surface area contributed by atoms with Crippen molar-refractivity contribution in [2.45, 2.75) is 11.8 Å². The number of rotatable bonds is 6. The number of benzene rings is 2. The van der Waals surface area contributed by atoms with E-state index in [-0.39, 0.29) is 10.8 Å². The summed E-state index contributed by atoms with van der Waals surface area (Å²) in [7, 11) is -2.25. The van der Waals surface area contributed by atoms with Crippen LogP contribution in [0.3, 0.4) is 0 Å². The van der Waals surface area contributed by atoms with Gasteiger partial charge in [0, 0.05) is 12.6 Å². The first-order chi connectivity index (χ1) is 11.0. The largest absolute Gasteiger partial charge is 0.492 e. The van der Waals surface area contributed by atoms with E-state index in [9.17, 15) is 13.2 Å². The van der Waals surface area contributed by atoms with Gasteiger partial charge in [-0.3, -0.25) is 9.52 Å². The van der Waals surface area contributed by atoms with Crippen molar-refractivity contribution < 1.29 is 17.9 Å². The normalized spacial score (nSPS) is 10.9. The highest BCUT2D eigenvalue weighted by atomic mass is 32.2. The third-order valence-corrected chi connectivity index (χ3v) is 4.47. The molecule has 0 aliphatic carbocycles. The number of sulfonamides is 1. The molecule has 0 saturated carbocycles. The maximum absolute atomic E-state index is 12.4. The molecule has 2 aromatic rings. The number of para-hydroxylation sites is 2. The Kier molecular flexibility index (Phi) is 5.23. The number of hydrogen-bond donors (Lipinski definition) is 2. The van der Waals surface area contributed by atoms with E-state index in [1.807, 2.05) is 6.92 Å². The van der Waals surface area contributed by atoms with Crippen molar-refractivity contribution in [2.24, 2.45) is 0 Å². The van der Waals surface area contributed by atoms with Crippen molar-refractivity contribution in [3.63, 3.8) is 0 Å². The van der Waals surface area contributed by atoms with Gasteiger partial charge < -0.3 is 10.1 Å². The number of ether oxygens (including phenoxy) is 1. The summed E-state index contributed by atoms with van der Waals surface area (Å²) in [4.78, 5) is 11.6. The summed E-state index contributed by atoms with van der Waals surface area (Å²) in [5, 5.41) is 2.48. The molecule has 0 heterocycles. The van der Waals surface area contributed by atoms with Gasteiger partial charge in [-0.05, 0) is 43.3 Å². The first-order valence-electron chi connectivity index (χ1n) is 7.04. The molecule has 122 valence electrons. The number of amides is 1. The van der Waals surface area contributed by atoms with Gasteiger partial charge >= 0.3 is 0 Å². The van der Waals surface area contributed by atoms with Crippen LogP contribution in [0, 0.1) is 0 Å². The molecule has 0 bridgehead atoms. The smallest absolute Gasteiger partial charge is 0.262 e. The molecule has 0 aliphatic heterocycles. The van der Waals surface area contributed by atoms with Gasteiger partial charge in [-0.2, -0.15) is 0 Å². The van der Waals surface area contributed by atoms with E-state index < -0.39 is 10.0 Å².